The van der Waals surface area contributed by atoms with E-state index < -0.39 is 0 Å². The number of hydrogen-bond donors (Lipinski definition) is 1. The van der Waals surface area contributed by atoms with Gasteiger partial charge in [-0.25, -0.2) is 4.98 Å². The molecular formula is C16H20N4O3. The van der Waals surface area contributed by atoms with Gasteiger partial charge in [0.1, 0.15) is 11.4 Å². The van der Waals surface area contributed by atoms with E-state index in [0.29, 0.717) is 26.2 Å². The molecule has 23 heavy (non-hydrogen) atoms. The molecule has 7 heteroatoms. The predicted octanol–water partition coefficient (Wildman–Crippen LogP) is 0.278. The SMILES string of the molecule is CC(=O)N1CCN(C(=O)c2cccc(C(=O)NC3CC3)n2)CC1. The molecule has 122 valence electrons. The van der Waals surface area contributed by atoms with E-state index in [4.69, 9.17) is 0 Å². The maximum Gasteiger partial charge on any atom is 0.272 e. The molecule has 2 aliphatic rings. The Bertz CT molecular complexity index is 634. The number of rotatable bonds is 3. The van der Waals surface area contributed by atoms with Gasteiger partial charge in [0.2, 0.25) is 5.91 Å². The van der Waals surface area contributed by atoms with Crippen LogP contribution in [-0.4, -0.2) is 64.7 Å². The number of amides is 3. The first-order chi connectivity index (χ1) is 11.0. The molecule has 0 unspecified atom stereocenters. The van der Waals surface area contributed by atoms with Crippen LogP contribution in [0.4, 0.5) is 0 Å². The first kappa shape index (κ1) is 15.5. The predicted molar refractivity (Wildman–Crippen MR) is 82.9 cm³/mol. The van der Waals surface area contributed by atoms with Gasteiger partial charge >= 0.3 is 0 Å². The van der Waals surface area contributed by atoms with Crippen LogP contribution in [0.2, 0.25) is 0 Å². The van der Waals surface area contributed by atoms with E-state index in [-0.39, 0.29) is 35.2 Å². The molecule has 0 radical (unpaired) electrons. The van der Waals surface area contributed by atoms with Gasteiger partial charge in [0, 0.05) is 39.1 Å². The Hall–Kier alpha value is -2.44. The fourth-order valence-corrected chi connectivity index (χ4v) is 2.55. The summed E-state index contributed by atoms with van der Waals surface area (Å²) in [5.41, 5.74) is 0.537. The van der Waals surface area contributed by atoms with Crippen molar-refractivity contribution in [3.8, 4) is 0 Å². The molecule has 3 rings (SSSR count). The highest BCUT2D eigenvalue weighted by Crippen LogP contribution is 2.19. The van der Waals surface area contributed by atoms with Crippen molar-refractivity contribution in [1.29, 1.82) is 0 Å². The minimum atomic E-state index is -0.233. The fraction of sp³-hybridized carbons (Fsp3) is 0.500. The summed E-state index contributed by atoms with van der Waals surface area (Å²) in [7, 11) is 0. The Kier molecular flexibility index (Phi) is 4.27. The van der Waals surface area contributed by atoms with Crippen LogP contribution in [0.15, 0.2) is 18.2 Å². The molecule has 2 fully saturated rings. The van der Waals surface area contributed by atoms with Gasteiger partial charge in [-0.2, -0.15) is 0 Å². The van der Waals surface area contributed by atoms with E-state index in [1.165, 1.54) is 6.92 Å². The summed E-state index contributed by atoms with van der Waals surface area (Å²) in [5, 5.41) is 2.86. The first-order valence-electron chi connectivity index (χ1n) is 7.87. The van der Waals surface area contributed by atoms with Crippen molar-refractivity contribution in [3.05, 3.63) is 29.6 Å². The lowest BCUT2D eigenvalue weighted by atomic mass is 10.2. The summed E-state index contributed by atoms with van der Waals surface area (Å²) in [5.74, 6) is -0.410. The molecule has 1 saturated carbocycles. The molecule has 1 aromatic rings. The van der Waals surface area contributed by atoms with Crippen molar-refractivity contribution < 1.29 is 14.4 Å². The number of pyridine rings is 1. The number of hydrogen-bond acceptors (Lipinski definition) is 4. The van der Waals surface area contributed by atoms with Gasteiger partial charge in [0.05, 0.1) is 0 Å². The summed E-state index contributed by atoms with van der Waals surface area (Å²) < 4.78 is 0. The van der Waals surface area contributed by atoms with Gasteiger partial charge in [0.15, 0.2) is 0 Å². The zero-order valence-corrected chi connectivity index (χ0v) is 13.1. The van der Waals surface area contributed by atoms with Crippen molar-refractivity contribution >= 4 is 17.7 Å². The largest absolute Gasteiger partial charge is 0.348 e. The van der Waals surface area contributed by atoms with Gasteiger partial charge in [-0.15, -0.1) is 0 Å². The number of nitrogens with one attached hydrogen (secondary N) is 1. The zero-order chi connectivity index (χ0) is 16.4. The number of nitrogens with zero attached hydrogens (tertiary/aromatic N) is 3. The highest BCUT2D eigenvalue weighted by molar-refractivity contribution is 5.96. The van der Waals surface area contributed by atoms with Gasteiger partial charge in [0.25, 0.3) is 11.8 Å². The summed E-state index contributed by atoms with van der Waals surface area (Å²) in [4.78, 5) is 43.4. The van der Waals surface area contributed by atoms with Crippen LogP contribution < -0.4 is 5.32 Å². The first-order valence-corrected chi connectivity index (χ1v) is 7.87. The summed E-state index contributed by atoms with van der Waals surface area (Å²) in [6.45, 7) is 3.56. The normalized spacial score (nSPS) is 17.8. The van der Waals surface area contributed by atoms with Crippen LogP contribution in [0, 0.1) is 0 Å². The molecule has 1 aliphatic heterocycles. The highest BCUT2D eigenvalue weighted by atomic mass is 16.2. The molecule has 0 bridgehead atoms. The summed E-state index contributed by atoms with van der Waals surface area (Å²) >= 11 is 0. The Morgan fingerprint density at radius 1 is 1.04 bits per heavy atom. The molecule has 0 atom stereocenters. The Balaban J connectivity index is 1.65. The fourth-order valence-electron chi connectivity index (χ4n) is 2.55. The molecule has 0 spiro atoms. The van der Waals surface area contributed by atoms with Crippen molar-refractivity contribution in [2.24, 2.45) is 0 Å². The Morgan fingerprint density at radius 2 is 1.65 bits per heavy atom. The summed E-state index contributed by atoms with van der Waals surface area (Å²) in [6.07, 6.45) is 2.01. The third-order valence-electron chi connectivity index (χ3n) is 4.13. The topological polar surface area (TPSA) is 82.6 Å². The minimum absolute atomic E-state index is 0.0222. The van der Waals surface area contributed by atoms with E-state index in [1.807, 2.05) is 0 Å². The number of carbonyl (C=O) groups excluding carboxylic acids is 3. The van der Waals surface area contributed by atoms with Crippen LogP contribution >= 0.6 is 0 Å². The molecule has 7 nitrogen and oxygen atoms in total. The maximum absolute atomic E-state index is 12.5. The molecule has 2 heterocycles. The lowest BCUT2D eigenvalue weighted by Gasteiger charge is -2.34. The van der Waals surface area contributed by atoms with Gasteiger partial charge < -0.3 is 15.1 Å². The van der Waals surface area contributed by atoms with Crippen LogP contribution in [0.3, 0.4) is 0 Å². The second-order valence-corrected chi connectivity index (χ2v) is 5.95. The third-order valence-corrected chi connectivity index (χ3v) is 4.13. The van der Waals surface area contributed by atoms with E-state index in [2.05, 4.69) is 10.3 Å². The lowest BCUT2D eigenvalue weighted by Crippen LogP contribution is -2.50. The van der Waals surface area contributed by atoms with E-state index >= 15 is 0 Å². The third kappa shape index (κ3) is 3.67. The van der Waals surface area contributed by atoms with Gasteiger partial charge in [-0.1, -0.05) is 6.07 Å². The van der Waals surface area contributed by atoms with Gasteiger partial charge in [-0.3, -0.25) is 14.4 Å². The molecule has 3 amide bonds. The molecular weight excluding hydrogens is 296 g/mol. The average Bonchev–Trinajstić information content (AvgIpc) is 3.38. The van der Waals surface area contributed by atoms with E-state index in [9.17, 15) is 14.4 Å². The molecule has 1 saturated heterocycles. The maximum atomic E-state index is 12.5. The standard InChI is InChI=1S/C16H20N4O3/c1-11(21)19-7-9-20(10-8-19)16(23)14-4-2-3-13(18-14)15(22)17-12-5-6-12/h2-4,12H,5-10H2,1H3,(H,17,22). The van der Waals surface area contributed by atoms with Crippen LogP contribution in [-0.2, 0) is 4.79 Å². The van der Waals surface area contributed by atoms with Crippen LogP contribution in [0.5, 0.6) is 0 Å². The number of aromatic nitrogens is 1. The minimum Gasteiger partial charge on any atom is -0.348 e. The molecule has 1 N–H and O–H groups in total. The Morgan fingerprint density at radius 3 is 2.26 bits per heavy atom. The zero-order valence-electron chi connectivity index (χ0n) is 13.1. The Labute approximate surface area is 134 Å². The van der Waals surface area contributed by atoms with Crippen LogP contribution in [0.1, 0.15) is 40.7 Å². The van der Waals surface area contributed by atoms with Crippen molar-refractivity contribution in [2.75, 3.05) is 26.2 Å². The summed E-state index contributed by atoms with van der Waals surface area (Å²) in [6, 6.07) is 5.16. The van der Waals surface area contributed by atoms with Crippen molar-refractivity contribution in [3.63, 3.8) is 0 Å². The molecule has 1 aromatic heterocycles. The van der Waals surface area contributed by atoms with Gasteiger partial charge in [-0.05, 0) is 25.0 Å². The molecule has 1 aliphatic carbocycles. The van der Waals surface area contributed by atoms with E-state index in [1.54, 1.807) is 28.0 Å². The number of piperazine rings is 1. The second-order valence-electron chi connectivity index (χ2n) is 5.95. The monoisotopic (exact) mass is 316 g/mol. The van der Waals surface area contributed by atoms with E-state index in [0.717, 1.165) is 12.8 Å². The smallest absolute Gasteiger partial charge is 0.272 e. The lowest BCUT2D eigenvalue weighted by molar-refractivity contribution is -0.130. The average molecular weight is 316 g/mol. The van der Waals surface area contributed by atoms with Crippen molar-refractivity contribution in [2.45, 2.75) is 25.8 Å². The quantitative estimate of drug-likeness (QED) is 0.868. The van der Waals surface area contributed by atoms with Crippen molar-refractivity contribution in [1.82, 2.24) is 20.1 Å². The molecule has 0 aromatic carbocycles. The van der Waals surface area contributed by atoms with Crippen LogP contribution in [0.25, 0.3) is 0 Å². The number of carbonyl (C=O) groups is 3. The second kappa shape index (κ2) is 6.36. The highest BCUT2D eigenvalue weighted by Gasteiger charge is 2.26.